The summed E-state index contributed by atoms with van der Waals surface area (Å²) >= 11 is 6.84. The fourth-order valence-electron chi connectivity index (χ4n) is 0.730. The van der Waals surface area contributed by atoms with Crippen molar-refractivity contribution in [2.75, 3.05) is 6.61 Å². The quantitative estimate of drug-likeness (QED) is 0.274. The van der Waals surface area contributed by atoms with E-state index in [1.54, 1.807) is 0 Å². The van der Waals surface area contributed by atoms with Crippen LogP contribution in [0, 0.1) is 0 Å². The Morgan fingerprint density at radius 2 is 2.15 bits per heavy atom. The van der Waals surface area contributed by atoms with Gasteiger partial charge in [0, 0.05) is 0 Å². The van der Waals surface area contributed by atoms with Gasteiger partial charge in [0.1, 0.15) is 5.76 Å². The number of amidine groups is 1. The third-order valence-electron chi connectivity index (χ3n) is 1.29. The number of rotatable bonds is 4. The lowest BCUT2D eigenvalue weighted by Gasteiger charge is -2.07. The third-order valence-corrected chi connectivity index (χ3v) is 2.10. The molecule has 0 aliphatic heterocycles. The van der Waals surface area contributed by atoms with Crippen molar-refractivity contribution in [3.8, 4) is 0 Å². The van der Waals surface area contributed by atoms with E-state index in [4.69, 9.17) is 4.74 Å². The van der Waals surface area contributed by atoms with Gasteiger partial charge in [-0.1, -0.05) is 13.5 Å². The first kappa shape index (κ1) is 12.7. The summed E-state index contributed by atoms with van der Waals surface area (Å²) in [4.78, 5) is 4.11. The largest absolute Gasteiger partial charge is 0.493 e. The monoisotopic (exact) mass is 264 g/mol. The van der Waals surface area contributed by atoms with E-state index < -0.39 is 0 Å². The fraction of sp³-hybridized carbons (Fsp3) is 0.500. The summed E-state index contributed by atoms with van der Waals surface area (Å²) in [7, 11) is 0. The molecule has 0 rings (SSSR count). The van der Waals surface area contributed by atoms with Gasteiger partial charge in [-0.05, 0) is 42.1 Å². The van der Waals surface area contributed by atoms with Crippen LogP contribution in [0.3, 0.4) is 0 Å². The molecule has 0 radical (unpaired) electrons. The van der Waals surface area contributed by atoms with Crippen molar-refractivity contribution in [3.63, 3.8) is 0 Å². The van der Waals surface area contributed by atoms with Crippen molar-refractivity contribution < 1.29 is 4.74 Å². The lowest BCUT2D eigenvalue weighted by atomic mass is 10.2. The number of halogens is 1. The van der Waals surface area contributed by atoms with Crippen LogP contribution in [0.15, 0.2) is 21.7 Å². The minimum atomic E-state index is 0.425. The average Bonchev–Trinajstić information content (AvgIpc) is 2.14. The maximum atomic E-state index is 5.21. The second kappa shape index (κ2) is 7.15. The van der Waals surface area contributed by atoms with Gasteiger partial charge in [-0.15, -0.1) is 0 Å². The first-order valence-corrected chi connectivity index (χ1v) is 5.12. The van der Waals surface area contributed by atoms with Gasteiger partial charge in [0.2, 0.25) is 4.74 Å². The molecule has 5 heteroatoms. The van der Waals surface area contributed by atoms with Gasteiger partial charge in [0.05, 0.1) is 12.3 Å². The van der Waals surface area contributed by atoms with E-state index >= 15 is 0 Å². The Bertz CT molecular complexity index is 238. The van der Waals surface area contributed by atoms with Crippen LogP contribution in [0.4, 0.5) is 0 Å². The molecule has 0 aromatic heterocycles. The number of thiol groups is 1. The van der Waals surface area contributed by atoms with Gasteiger partial charge >= 0.3 is 0 Å². The van der Waals surface area contributed by atoms with Gasteiger partial charge in [-0.3, -0.25) is 0 Å². The molecule has 0 saturated carbocycles. The maximum Gasteiger partial charge on any atom is 0.203 e. The van der Waals surface area contributed by atoms with Crippen molar-refractivity contribution in [1.29, 1.82) is 0 Å². The second-order valence-corrected chi connectivity index (χ2v) is 3.05. The van der Waals surface area contributed by atoms with E-state index in [9.17, 15) is 0 Å². The van der Waals surface area contributed by atoms with Gasteiger partial charge < -0.3 is 4.74 Å². The van der Waals surface area contributed by atoms with E-state index in [2.05, 4.69) is 44.7 Å². The van der Waals surface area contributed by atoms with Gasteiger partial charge in [-0.2, -0.15) is 4.40 Å². The van der Waals surface area contributed by atoms with Crippen molar-refractivity contribution >= 4 is 39.2 Å². The SMILES string of the molecule is C=C(OCC)C(CC)=NC(Br)=NS. The molecule has 3 nitrogen and oxygen atoms in total. The summed E-state index contributed by atoms with van der Waals surface area (Å²) < 4.78 is 9.20. The Labute approximate surface area is 92.7 Å². The zero-order valence-corrected chi connectivity index (χ0v) is 10.2. The van der Waals surface area contributed by atoms with E-state index in [-0.39, 0.29) is 0 Å². The predicted octanol–water partition coefficient (Wildman–Crippen LogP) is 2.98. The van der Waals surface area contributed by atoms with E-state index in [1.165, 1.54) is 0 Å². The highest BCUT2D eigenvalue weighted by molar-refractivity contribution is 9.18. The zero-order valence-electron chi connectivity index (χ0n) is 7.75. The Morgan fingerprint density at radius 3 is 2.54 bits per heavy atom. The molecule has 0 fully saturated rings. The van der Waals surface area contributed by atoms with Gasteiger partial charge in [0.15, 0.2) is 0 Å². The van der Waals surface area contributed by atoms with Crippen molar-refractivity contribution in [2.45, 2.75) is 20.3 Å². The minimum absolute atomic E-state index is 0.425. The van der Waals surface area contributed by atoms with E-state index in [0.29, 0.717) is 17.1 Å². The summed E-state index contributed by atoms with van der Waals surface area (Å²) in [6.07, 6.45) is 0.747. The molecular formula is C8H13BrN2OS. The first-order chi connectivity index (χ1) is 6.15. The van der Waals surface area contributed by atoms with Crippen LogP contribution in [0.25, 0.3) is 0 Å². The lowest BCUT2D eigenvalue weighted by molar-refractivity contribution is 0.250. The molecule has 0 saturated heterocycles. The Morgan fingerprint density at radius 1 is 1.54 bits per heavy atom. The number of allylic oxidation sites excluding steroid dienone is 1. The fourth-order valence-corrected chi connectivity index (χ4v) is 0.989. The summed E-state index contributed by atoms with van der Waals surface area (Å²) in [5.41, 5.74) is 0.770. The highest BCUT2D eigenvalue weighted by atomic mass is 79.9. The molecule has 0 amide bonds. The number of hydrogen-bond acceptors (Lipinski definition) is 3. The molecule has 0 atom stereocenters. The highest BCUT2D eigenvalue weighted by Crippen LogP contribution is 2.05. The topological polar surface area (TPSA) is 34.0 Å². The number of aliphatic imine (C=N–C) groups is 1. The average molecular weight is 265 g/mol. The smallest absolute Gasteiger partial charge is 0.203 e. The number of nitrogens with zero attached hydrogens (tertiary/aromatic N) is 2. The van der Waals surface area contributed by atoms with Crippen LogP contribution in [0.2, 0.25) is 0 Å². The standard InChI is InChI=1S/C8H13BrN2OS/c1-4-7(6(3)12-5-2)10-8(9)11-13/h13H,3-5H2,1-2H3. The molecule has 0 aliphatic carbocycles. The van der Waals surface area contributed by atoms with Crippen LogP contribution < -0.4 is 0 Å². The summed E-state index contributed by atoms with van der Waals surface area (Å²) in [6, 6.07) is 0. The Kier molecular flexibility index (Phi) is 6.99. The van der Waals surface area contributed by atoms with Gasteiger partial charge in [0.25, 0.3) is 0 Å². The highest BCUT2D eigenvalue weighted by Gasteiger charge is 2.03. The predicted molar refractivity (Wildman–Crippen MR) is 63.8 cm³/mol. The van der Waals surface area contributed by atoms with E-state index in [0.717, 1.165) is 12.1 Å². The number of ether oxygens (including phenoxy) is 1. The molecule has 13 heavy (non-hydrogen) atoms. The van der Waals surface area contributed by atoms with Crippen LogP contribution >= 0.6 is 28.7 Å². The van der Waals surface area contributed by atoms with Crippen molar-refractivity contribution in [2.24, 2.45) is 9.39 Å². The maximum absolute atomic E-state index is 5.21. The Balaban J connectivity index is 4.50. The molecule has 0 aromatic carbocycles. The molecule has 0 aromatic rings. The molecule has 0 bridgehead atoms. The molecule has 74 valence electrons. The lowest BCUT2D eigenvalue weighted by Crippen LogP contribution is -2.05. The second-order valence-electron chi connectivity index (χ2n) is 2.14. The van der Waals surface area contributed by atoms with Crippen LogP contribution in [-0.4, -0.2) is 17.1 Å². The molecule has 0 unspecified atom stereocenters. The molecule has 0 aliphatic rings. The summed E-state index contributed by atoms with van der Waals surface area (Å²) in [6.45, 7) is 8.22. The molecule has 0 N–H and O–H groups in total. The molecule has 0 heterocycles. The van der Waals surface area contributed by atoms with Crippen molar-refractivity contribution in [1.82, 2.24) is 0 Å². The Hall–Kier alpha value is -0.290. The summed E-state index contributed by atoms with van der Waals surface area (Å²) in [5.74, 6) is 0.582. The van der Waals surface area contributed by atoms with Gasteiger partial charge in [-0.25, -0.2) is 4.99 Å². The van der Waals surface area contributed by atoms with Crippen LogP contribution in [0.5, 0.6) is 0 Å². The minimum Gasteiger partial charge on any atom is -0.493 e. The zero-order chi connectivity index (χ0) is 10.3. The normalized spacial score (nSPS) is 12.9. The third kappa shape index (κ3) is 5.10. The molecule has 0 spiro atoms. The van der Waals surface area contributed by atoms with Crippen LogP contribution in [-0.2, 0) is 4.74 Å². The number of hydrogen-bond donors (Lipinski definition) is 1. The molecular weight excluding hydrogens is 252 g/mol. The first-order valence-electron chi connectivity index (χ1n) is 3.92. The van der Waals surface area contributed by atoms with E-state index in [1.807, 2.05) is 13.8 Å². The summed E-state index contributed by atoms with van der Waals surface area (Å²) in [5, 5.41) is 0. The van der Waals surface area contributed by atoms with Crippen molar-refractivity contribution in [3.05, 3.63) is 12.3 Å². The van der Waals surface area contributed by atoms with Crippen LogP contribution in [0.1, 0.15) is 20.3 Å².